The SMILES string of the molecule is COc1cc(C(N)C2(CO)CC2)cc(OC)c1OC. The van der Waals surface area contributed by atoms with Crippen LogP contribution in [0.2, 0.25) is 0 Å². The Hall–Kier alpha value is -1.46. The summed E-state index contributed by atoms with van der Waals surface area (Å²) in [7, 11) is 4.72. The number of hydrogen-bond acceptors (Lipinski definition) is 5. The zero-order chi connectivity index (χ0) is 14.0. The molecule has 1 atom stereocenters. The van der Waals surface area contributed by atoms with Crippen LogP contribution in [0.5, 0.6) is 17.2 Å². The standard InChI is InChI=1S/C14H21NO4/c1-17-10-6-9(7-11(18-2)12(10)19-3)13(15)14(8-16)4-5-14/h6-7,13,16H,4-5,8,15H2,1-3H3. The average molecular weight is 267 g/mol. The van der Waals surface area contributed by atoms with Gasteiger partial charge < -0.3 is 25.1 Å². The summed E-state index contributed by atoms with van der Waals surface area (Å²) in [6.45, 7) is 0.102. The van der Waals surface area contributed by atoms with Crippen molar-refractivity contribution in [3.63, 3.8) is 0 Å². The minimum absolute atomic E-state index is 0.102. The first-order valence-electron chi connectivity index (χ1n) is 6.28. The number of aliphatic hydroxyl groups is 1. The van der Waals surface area contributed by atoms with E-state index in [0.29, 0.717) is 17.2 Å². The molecule has 0 spiro atoms. The fraction of sp³-hybridized carbons (Fsp3) is 0.571. The Morgan fingerprint density at radius 1 is 1.16 bits per heavy atom. The molecule has 1 unspecified atom stereocenters. The number of methoxy groups -OCH3 is 3. The third-order valence-electron chi connectivity index (χ3n) is 3.91. The summed E-state index contributed by atoms with van der Waals surface area (Å²) in [6, 6.07) is 3.47. The molecule has 19 heavy (non-hydrogen) atoms. The van der Waals surface area contributed by atoms with E-state index in [4.69, 9.17) is 19.9 Å². The van der Waals surface area contributed by atoms with Crippen molar-refractivity contribution in [2.45, 2.75) is 18.9 Å². The van der Waals surface area contributed by atoms with Gasteiger partial charge in [-0.05, 0) is 30.5 Å². The highest BCUT2D eigenvalue weighted by atomic mass is 16.5. The smallest absolute Gasteiger partial charge is 0.203 e. The first-order valence-corrected chi connectivity index (χ1v) is 6.28. The number of nitrogens with two attached hydrogens (primary N) is 1. The molecule has 5 heteroatoms. The third kappa shape index (κ3) is 2.35. The molecule has 0 heterocycles. The molecule has 1 saturated carbocycles. The van der Waals surface area contributed by atoms with Gasteiger partial charge in [-0.3, -0.25) is 0 Å². The Labute approximate surface area is 113 Å². The van der Waals surface area contributed by atoms with Crippen LogP contribution in [0, 0.1) is 5.41 Å². The normalized spacial score (nSPS) is 17.7. The van der Waals surface area contributed by atoms with Gasteiger partial charge in [0.05, 0.1) is 27.9 Å². The van der Waals surface area contributed by atoms with Gasteiger partial charge in [-0.2, -0.15) is 0 Å². The van der Waals surface area contributed by atoms with E-state index < -0.39 is 0 Å². The molecule has 1 aromatic carbocycles. The van der Waals surface area contributed by atoms with Crippen molar-refractivity contribution >= 4 is 0 Å². The molecule has 1 aromatic rings. The maximum Gasteiger partial charge on any atom is 0.203 e. The average Bonchev–Trinajstić information content (AvgIpc) is 3.25. The first-order chi connectivity index (χ1) is 9.11. The van der Waals surface area contributed by atoms with Crippen LogP contribution < -0.4 is 19.9 Å². The summed E-state index contributed by atoms with van der Waals surface area (Å²) < 4.78 is 15.9. The molecular formula is C14H21NO4. The van der Waals surface area contributed by atoms with E-state index >= 15 is 0 Å². The van der Waals surface area contributed by atoms with Crippen molar-refractivity contribution in [2.75, 3.05) is 27.9 Å². The molecule has 106 valence electrons. The quantitative estimate of drug-likeness (QED) is 0.816. The van der Waals surface area contributed by atoms with E-state index in [1.54, 1.807) is 21.3 Å². The molecule has 1 aliphatic carbocycles. The molecule has 1 aliphatic rings. The van der Waals surface area contributed by atoms with Crippen molar-refractivity contribution in [1.82, 2.24) is 0 Å². The lowest BCUT2D eigenvalue weighted by atomic mass is 9.91. The Morgan fingerprint density at radius 2 is 1.68 bits per heavy atom. The van der Waals surface area contributed by atoms with Crippen LogP contribution >= 0.6 is 0 Å². The fourth-order valence-corrected chi connectivity index (χ4v) is 2.36. The highest BCUT2D eigenvalue weighted by Gasteiger charge is 2.48. The summed E-state index contributed by atoms with van der Waals surface area (Å²) in [5, 5.41) is 9.47. The highest BCUT2D eigenvalue weighted by molar-refractivity contribution is 5.54. The Morgan fingerprint density at radius 3 is 2.00 bits per heavy atom. The highest BCUT2D eigenvalue weighted by Crippen LogP contribution is 2.54. The first kappa shape index (κ1) is 14.0. The van der Waals surface area contributed by atoms with Gasteiger partial charge in [0, 0.05) is 11.5 Å². The predicted octanol–water partition coefficient (Wildman–Crippen LogP) is 1.48. The number of aliphatic hydroxyl groups excluding tert-OH is 1. The van der Waals surface area contributed by atoms with E-state index in [1.807, 2.05) is 12.1 Å². The van der Waals surface area contributed by atoms with E-state index in [9.17, 15) is 5.11 Å². The Kier molecular flexibility index (Phi) is 3.87. The van der Waals surface area contributed by atoms with Gasteiger partial charge in [-0.15, -0.1) is 0 Å². The molecule has 0 bridgehead atoms. The predicted molar refractivity (Wildman–Crippen MR) is 71.8 cm³/mol. The van der Waals surface area contributed by atoms with E-state index in [-0.39, 0.29) is 18.1 Å². The fourth-order valence-electron chi connectivity index (χ4n) is 2.36. The van der Waals surface area contributed by atoms with Gasteiger partial charge in [-0.25, -0.2) is 0 Å². The maximum absolute atomic E-state index is 9.47. The van der Waals surface area contributed by atoms with Gasteiger partial charge >= 0.3 is 0 Å². The van der Waals surface area contributed by atoms with Crippen LogP contribution in [-0.2, 0) is 0 Å². The topological polar surface area (TPSA) is 73.9 Å². The van der Waals surface area contributed by atoms with Crippen molar-refractivity contribution < 1.29 is 19.3 Å². The van der Waals surface area contributed by atoms with Crippen LogP contribution in [0.3, 0.4) is 0 Å². The van der Waals surface area contributed by atoms with E-state index in [1.165, 1.54) is 0 Å². The summed E-state index contributed by atoms with van der Waals surface area (Å²) in [5.41, 5.74) is 6.97. The zero-order valence-corrected chi connectivity index (χ0v) is 11.6. The largest absolute Gasteiger partial charge is 0.493 e. The lowest BCUT2D eigenvalue weighted by Gasteiger charge is -2.23. The molecule has 5 nitrogen and oxygen atoms in total. The second-order valence-electron chi connectivity index (χ2n) is 4.96. The van der Waals surface area contributed by atoms with E-state index in [2.05, 4.69) is 0 Å². The second kappa shape index (κ2) is 5.27. The molecule has 0 aliphatic heterocycles. The number of ether oxygens (including phenoxy) is 3. The molecule has 0 saturated heterocycles. The molecule has 3 N–H and O–H groups in total. The van der Waals surface area contributed by atoms with Crippen molar-refractivity contribution in [3.8, 4) is 17.2 Å². The van der Waals surface area contributed by atoms with Gasteiger partial charge in [-0.1, -0.05) is 0 Å². The van der Waals surface area contributed by atoms with E-state index in [0.717, 1.165) is 18.4 Å². The molecule has 0 aromatic heterocycles. The van der Waals surface area contributed by atoms with Gasteiger partial charge in [0.1, 0.15) is 0 Å². The Balaban J connectivity index is 2.41. The molecule has 0 radical (unpaired) electrons. The van der Waals surface area contributed by atoms with Gasteiger partial charge in [0.15, 0.2) is 11.5 Å². The van der Waals surface area contributed by atoms with Crippen LogP contribution in [-0.4, -0.2) is 33.0 Å². The van der Waals surface area contributed by atoms with Gasteiger partial charge in [0.25, 0.3) is 0 Å². The second-order valence-corrected chi connectivity index (χ2v) is 4.96. The summed E-state index contributed by atoms with van der Waals surface area (Å²) >= 11 is 0. The number of rotatable bonds is 6. The molecule has 0 amide bonds. The maximum atomic E-state index is 9.47. The molecule has 1 fully saturated rings. The van der Waals surface area contributed by atoms with Crippen molar-refractivity contribution in [1.29, 1.82) is 0 Å². The number of benzene rings is 1. The number of hydrogen-bond donors (Lipinski definition) is 2. The lowest BCUT2D eigenvalue weighted by Crippen LogP contribution is -2.25. The zero-order valence-electron chi connectivity index (χ0n) is 11.6. The van der Waals surface area contributed by atoms with Crippen LogP contribution in [0.1, 0.15) is 24.4 Å². The van der Waals surface area contributed by atoms with Crippen molar-refractivity contribution in [3.05, 3.63) is 17.7 Å². The molecule has 2 rings (SSSR count). The summed E-state index contributed by atoms with van der Waals surface area (Å²) in [4.78, 5) is 0. The van der Waals surface area contributed by atoms with Crippen molar-refractivity contribution in [2.24, 2.45) is 11.1 Å². The van der Waals surface area contributed by atoms with Crippen LogP contribution in [0.15, 0.2) is 12.1 Å². The lowest BCUT2D eigenvalue weighted by molar-refractivity contribution is 0.187. The summed E-state index contributed by atoms with van der Waals surface area (Å²) in [5.74, 6) is 1.72. The summed E-state index contributed by atoms with van der Waals surface area (Å²) in [6.07, 6.45) is 1.89. The van der Waals surface area contributed by atoms with Crippen LogP contribution in [0.4, 0.5) is 0 Å². The minimum atomic E-state index is -0.230. The minimum Gasteiger partial charge on any atom is -0.493 e. The monoisotopic (exact) mass is 267 g/mol. The third-order valence-corrected chi connectivity index (χ3v) is 3.91. The van der Waals surface area contributed by atoms with Gasteiger partial charge in [0.2, 0.25) is 5.75 Å². The van der Waals surface area contributed by atoms with Crippen LogP contribution in [0.25, 0.3) is 0 Å². The molecular weight excluding hydrogens is 246 g/mol. The Bertz CT molecular complexity index is 432.